The van der Waals surface area contributed by atoms with Gasteiger partial charge in [0.2, 0.25) is 6.79 Å². The van der Waals surface area contributed by atoms with Crippen molar-refractivity contribution in [3.63, 3.8) is 0 Å². The van der Waals surface area contributed by atoms with Gasteiger partial charge in [0.25, 0.3) is 0 Å². The molecule has 14 nitrogen and oxygen atoms in total. The molecule has 0 aromatic carbocycles. The number of hydrogen-bond acceptors (Lipinski definition) is 12. The second-order valence-electron chi connectivity index (χ2n) is 7.82. The van der Waals surface area contributed by atoms with E-state index in [1.807, 2.05) is 0 Å². The topological polar surface area (TPSA) is 191 Å². The lowest BCUT2D eigenvalue weighted by Gasteiger charge is -2.26. The van der Waals surface area contributed by atoms with E-state index in [1.165, 1.54) is 26.1 Å². The molecule has 4 N–H and O–H groups in total. The molecule has 0 saturated carbocycles. The minimum atomic E-state index is -4.73. The number of halogens is 1. The Bertz CT molecular complexity index is 974. The molecule has 16 heteroatoms. The Labute approximate surface area is 194 Å². The first-order chi connectivity index (χ1) is 15.9. The van der Waals surface area contributed by atoms with E-state index >= 15 is 4.39 Å². The van der Waals surface area contributed by atoms with Gasteiger partial charge in [-0.15, -0.1) is 0 Å². The zero-order valence-corrected chi connectivity index (χ0v) is 19.7. The summed E-state index contributed by atoms with van der Waals surface area (Å²) in [6, 6.07) is 1.30. The number of esters is 2. The summed E-state index contributed by atoms with van der Waals surface area (Å²) >= 11 is 0. The van der Waals surface area contributed by atoms with Crippen LogP contribution in [0.3, 0.4) is 0 Å². The van der Waals surface area contributed by atoms with Crippen LogP contribution in [0.2, 0.25) is 0 Å². The summed E-state index contributed by atoms with van der Waals surface area (Å²) < 4.78 is 52.2. The van der Waals surface area contributed by atoms with E-state index < -0.39 is 69.4 Å². The van der Waals surface area contributed by atoms with E-state index in [2.05, 4.69) is 24.3 Å². The van der Waals surface area contributed by atoms with Gasteiger partial charge in [-0.2, -0.15) is 4.98 Å². The largest absolute Gasteiger partial charge is 0.475 e. The van der Waals surface area contributed by atoms with Gasteiger partial charge in [0, 0.05) is 18.2 Å². The quantitative estimate of drug-likeness (QED) is 0.192. The van der Waals surface area contributed by atoms with E-state index in [4.69, 9.17) is 15.0 Å². The molecule has 1 saturated heterocycles. The van der Waals surface area contributed by atoms with Crippen LogP contribution in [0.1, 0.15) is 26.5 Å². The Balaban J connectivity index is 1.84. The third-order valence-corrected chi connectivity index (χ3v) is 5.88. The van der Waals surface area contributed by atoms with Gasteiger partial charge in [-0.1, -0.05) is 13.8 Å². The fourth-order valence-corrected chi connectivity index (χ4v) is 3.46. The fraction of sp³-hybridized carbons (Fsp3) is 0.667. The number of nitrogens with two attached hydrogens (primary N) is 1. The smallest absolute Gasteiger partial charge is 0.454 e. The van der Waals surface area contributed by atoms with Gasteiger partial charge in [0.1, 0.15) is 5.82 Å². The Morgan fingerprint density at radius 1 is 1.35 bits per heavy atom. The van der Waals surface area contributed by atoms with E-state index in [1.54, 1.807) is 7.05 Å². The number of nitrogens with zero attached hydrogens (tertiary/aromatic N) is 2. The highest BCUT2D eigenvalue weighted by molar-refractivity contribution is 7.47. The van der Waals surface area contributed by atoms with Crippen LogP contribution >= 0.6 is 7.82 Å². The lowest BCUT2D eigenvalue weighted by molar-refractivity contribution is -0.163. The molecular formula is C18H28FN4O10P. The van der Waals surface area contributed by atoms with Gasteiger partial charge >= 0.3 is 25.5 Å². The van der Waals surface area contributed by atoms with Gasteiger partial charge in [-0.25, -0.2) is 23.1 Å². The van der Waals surface area contributed by atoms with Crippen molar-refractivity contribution >= 4 is 25.6 Å². The molecule has 1 aromatic rings. The molecule has 0 amide bonds. The maximum absolute atomic E-state index is 15.0. The summed E-state index contributed by atoms with van der Waals surface area (Å²) in [7, 11) is -3.09. The Morgan fingerprint density at radius 2 is 2.06 bits per heavy atom. The molecule has 1 aliphatic heterocycles. The maximum Gasteiger partial charge on any atom is 0.475 e. The number of nitrogen functional groups attached to an aromatic ring is 1. The van der Waals surface area contributed by atoms with Crippen molar-refractivity contribution in [1.82, 2.24) is 14.9 Å². The first kappa shape index (κ1) is 27.8. The predicted molar refractivity (Wildman–Crippen MR) is 113 cm³/mol. The zero-order chi connectivity index (χ0) is 25.5. The average molecular weight is 510 g/mol. The Kier molecular flexibility index (Phi) is 9.67. The summed E-state index contributed by atoms with van der Waals surface area (Å²) in [5.74, 6) is -1.69. The monoisotopic (exact) mass is 510 g/mol. The molecule has 34 heavy (non-hydrogen) atoms. The van der Waals surface area contributed by atoms with Gasteiger partial charge in [-0.05, 0) is 13.1 Å². The number of rotatable bonds is 12. The molecule has 1 aliphatic rings. The van der Waals surface area contributed by atoms with Gasteiger partial charge in [0.05, 0.1) is 19.1 Å². The molecule has 1 aromatic heterocycles. The van der Waals surface area contributed by atoms with Crippen LogP contribution in [0.5, 0.6) is 0 Å². The van der Waals surface area contributed by atoms with Crippen molar-refractivity contribution in [3.8, 4) is 0 Å². The highest BCUT2D eigenvalue weighted by atomic mass is 31.2. The number of phosphoric acid groups is 1. The van der Waals surface area contributed by atoms with Crippen LogP contribution in [0.4, 0.5) is 10.2 Å². The zero-order valence-electron chi connectivity index (χ0n) is 18.8. The molecule has 0 bridgehead atoms. The van der Waals surface area contributed by atoms with E-state index in [0.717, 1.165) is 4.57 Å². The minimum Gasteiger partial charge on any atom is -0.454 e. The minimum absolute atomic E-state index is 0.0418. The number of anilines is 1. The van der Waals surface area contributed by atoms with Crippen molar-refractivity contribution in [2.75, 3.05) is 39.3 Å². The molecule has 1 fully saturated rings. The molecule has 0 spiro atoms. The first-order valence-corrected chi connectivity index (χ1v) is 11.6. The predicted octanol–water partition coefficient (Wildman–Crippen LogP) is -0.126. The highest BCUT2D eigenvalue weighted by Gasteiger charge is 2.53. The lowest BCUT2D eigenvalue weighted by Crippen LogP contribution is -2.36. The van der Waals surface area contributed by atoms with Crippen LogP contribution in [0.25, 0.3) is 0 Å². The van der Waals surface area contributed by atoms with Gasteiger partial charge in [-0.3, -0.25) is 13.9 Å². The number of alkyl halides is 1. The van der Waals surface area contributed by atoms with E-state index in [9.17, 15) is 23.8 Å². The van der Waals surface area contributed by atoms with Crippen LogP contribution in [0, 0.1) is 5.41 Å². The average Bonchev–Trinajstić information content (AvgIpc) is 2.98. The van der Waals surface area contributed by atoms with Crippen molar-refractivity contribution in [2.24, 2.45) is 5.41 Å². The standard InChI is InChI=1S/C18H28FN4O10P/c1-18(2)11(33-16(15(18)19)23-7-5-12(20)22-17(23)26)8-31-34(27,28)32-10-30-14(25)9-29-13(24)4-6-21-3/h5,7,11,15-16,21H,4,6,8-10H2,1-3H3,(H,27,28)(H2,20,22,26)/t11-,15+,16-/m1/s1. The van der Waals surface area contributed by atoms with Crippen LogP contribution in [-0.2, 0) is 37.4 Å². The fourth-order valence-electron chi connectivity index (χ4n) is 2.88. The number of nitrogens with one attached hydrogen (secondary N) is 1. The number of aromatic nitrogens is 2. The molecule has 2 heterocycles. The second-order valence-corrected chi connectivity index (χ2v) is 9.28. The summed E-state index contributed by atoms with van der Waals surface area (Å²) in [5.41, 5.74) is 3.39. The highest BCUT2D eigenvalue weighted by Crippen LogP contribution is 2.48. The molecule has 192 valence electrons. The van der Waals surface area contributed by atoms with Crippen molar-refractivity contribution in [3.05, 3.63) is 22.7 Å². The van der Waals surface area contributed by atoms with Gasteiger partial charge < -0.3 is 30.2 Å². The first-order valence-electron chi connectivity index (χ1n) is 10.1. The van der Waals surface area contributed by atoms with Crippen LogP contribution in [0.15, 0.2) is 17.1 Å². The van der Waals surface area contributed by atoms with Crippen LogP contribution < -0.4 is 16.7 Å². The number of phosphoric ester groups is 1. The van der Waals surface area contributed by atoms with E-state index in [-0.39, 0.29) is 12.2 Å². The SMILES string of the molecule is CNCCC(=O)OCC(=O)OCOP(=O)(O)OC[C@H]1O[C@@H](n2ccc(N)nc2=O)[C@H](F)C1(C)C. The van der Waals surface area contributed by atoms with Crippen molar-refractivity contribution in [1.29, 1.82) is 0 Å². The lowest BCUT2D eigenvalue weighted by atomic mass is 9.84. The number of carbonyl (C=O) groups is 2. The molecule has 0 aliphatic carbocycles. The second kappa shape index (κ2) is 11.8. The number of ether oxygens (including phenoxy) is 3. The van der Waals surface area contributed by atoms with E-state index in [0.29, 0.717) is 6.54 Å². The number of carbonyl (C=O) groups excluding carboxylic acids is 2. The third-order valence-electron chi connectivity index (χ3n) is 4.98. The maximum atomic E-state index is 15.0. The summed E-state index contributed by atoms with van der Waals surface area (Å²) in [5, 5.41) is 2.73. The third kappa shape index (κ3) is 7.55. The molecule has 1 unspecified atom stereocenters. The summed E-state index contributed by atoms with van der Waals surface area (Å²) in [4.78, 5) is 48.2. The molecular weight excluding hydrogens is 482 g/mol. The summed E-state index contributed by atoms with van der Waals surface area (Å²) in [6.45, 7) is 1.10. The van der Waals surface area contributed by atoms with Crippen LogP contribution in [-0.4, -0.2) is 72.3 Å². The van der Waals surface area contributed by atoms with Gasteiger partial charge in [0.15, 0.2) is 19.0 Å². The number of hydrogen-bond donors (Lipinski definition) is 3. The molecule has 4 atom stereocenters. The van der Waals surface area contributed by atoms with Crippen molar-refractivity contribution < 1.29 is 46.7 Å². The Hall–Kier alpha value is -2.42. The molecule has 2 rings (SSSR count). The van der Waals surface area contributed by atoms with Crippen molar-refractivity contribution in [2.45, 2.75) is 38.8 Å². The normalized spacial score (nSPS) is 23.3. The summed E-state index contributed by atoms with van der Waals surface area (Å²) in [6.07, 6.45) is -2.84. The molecule has 0 radical (unpaired) electrons. The Morgan fingerprint density at radius 3 is 2.71 bits per heavy atom.